The van der Waals surface area contributed by atoms with Crippen LogP contribution in [0, 0.1) is 5.92 Å². The highest BCUT2D eigenvalue weighted by Gasteiger charge is 2.63. The summed E-state index contributed by atoms with van der Waals surface area (Å²) in [6.07, 6.45) is -3.79. The van der Waals surface area contributed by atoms with Gasteiger partial charge in [-0.25, -0.2) is 4.79 Å². The molecule has 4 saturated heterocycles. The number of hydrogen-bond acceptors (Lipinski definition) is 9. The number of ether oxygens (including phenoxy) is 4. The van der Waals surface area contributed by atoms with Gasteiger partial charge in [0, 0.05) is 39.3 Å². The molecular formula is C28H29F3N4O7. The standard InChI is InChI=1S/C28H29F3N4O7/c29-28(30,31)42-22-7-5-21(6-8-22)41-20-3-1-19(2-4-20)27(23(36)32-25(38)33-24(27)37)35-16-26(17-35)15-34(10-12-40-26)13-18-9-11-39-14-18/h1-8,18H,9-17H2,(H2,32,33,36,37,38). The zero-order valence-corrected chi connectivity index (χ0v) is 22.4. The van der Waals surface area contributed by atoms with Gasteiger partial charge in [-0.2, -0.15) is 0 Å². The van der Waals surface area contributed by atoms with Gasteiger partial charge in [0.25, 0.3) is 11.8 Å². The van der Waals surface area contributed by atoms with E-state index in [2.05, 4.69) is 20.3 Å². The summed E-state index contributed by atoms with van der Waals surface area (Å²) in [5.74, 6) is -0.894. The highest BCUT2D eigenvalue weighted by atomic mass is 19.4. The Labute approximate surface area is 238 Å². The Morgan fingerprint density at radius 2 is 1.50 bits per heavy atom. The number of morpholine rings is 1. The van der Waals surface area contributed by atoms with E-state index < -0.39 is 35.3 Å². The van der Waals surface area contributed by atoms with Gasteiger partial charge >= 0.3 is 12.4 Å². The molecule has 4 fully saturated rings. The first-order valence-corrected chi connectivity index (χ1v) is 13.5. The van der Waals surface area contributed by atoms with Gasteiger partial charge < -0.3 is 18.9 Å². The van der Waals surface area contributed by atoms with E-state index in [0.29, 0.717) is 43.5 Å². The van der Waals surface area contributed by atoms with Crippen LogP contribution in [0.1, 0.15) is 12.0 Å². The van der Waals surface area contributed by atoms with Crippen LogP contribution >= 0.6 is 0 Å². The monoisotopic (exact) mass is 590 g/mol. The summed E-state index contributed by atoms with van der Waals surface area (Å²) in [4.78, 5) is 42.9. The van der Waals surface area contributed by atoms with E-state index in [1.165, 1.54) is 24.3 Å². The van der Waals surface area contributed by atoms with Gasteiger partial charge in [-0.15, -0.1) is 13.2 Å². The number of rotatable bonds is 7. The molecule has 0 bridgehead atoms. The molecule has 1 spiro atoms. The minimum atomic E-state index is -4.81. The molecule has 4 aliphatic heterocycles. The number of nitrogens with one attached hydrogen (secondary N) is 2. The van der Waals surface area contributed by atoms with Crippen molar-refractivity contribution in [2.24, 2.45) is 5.92 Å². The van der Waals surface area contributed by atoms with Gasteiger partial charge in [-0.3, -0.25) is 30.0 Å². The molecule has 42 heavy (non-hydrogen) atoms. The van der Waals surface area contributed by atoms with Gasteiger partial charge in [0.2, 0.25) is 5.54 Å². The summed E-state index contributed by atoms with van der Waals surface area (Å²) >= 11 is 0. The summed E-state index contributed by atoms with van der Waals surface area (Å²) in [6, 6.07) is 10.1. The van der Waals surface area contributed by atoms with Crippen LogP contribution in [-0.2, 0) is 24.6 Å². The lowest BCUT2D eigenvalue weighted by Crippen LogP contribution is -2.80. The maximum atomic E-state index is 13.4. The van der Waals surface area contributed by atoms with Crippen molar-refractivity contribution in [1.29, 1.82) is 0 Å². The summed E-state index contributed by atoms with van der Waals surface area (Å²) in [5, 5.41) is 4.47. The molecule has 0 aromatic heterocycles. The largest absolute Gasteiger partial charge is 0.573 e. The SMILES string of the molecule is O=C1NC(=O)C(c2ccc(Oc3ccc(OC(F)(F)F)cc3)cc2)(N2CC3(CN(CC4CCOC4)CCO3)C2)C(=O)N1. The molecule has 4 amide bonds. The third kappa shape index (κ3) is 5.54. The molecule has 14 heteroatoms. The fourth-order valence-corrected chi connectivity index (χ4v) is 6.11. The third-order valence-electron chi connectivity index (χ3n) is 7.98. The second-order valence-corrected chi connectivity index (χ2v) is 10.9. The van der Waals surface area contributed by atoms with Gasteiger partial charge in [0.05, 0.1) is 13.2 Å². The number of amides is 4. The highest BCUT2D eigenvalue weighted by Crippen LogP contribution is 2.42. The average molecular weight is 591 g/mol. The quantitative estimate of drug-likeness (QED) is 0.469. The lowest BCUT2D eigenvalue weighted by Gasteiger charge is -2.59. The minimum absolute atomic E-state index is 0.249. The van der Waals surface area contributed by atoms with Crippen molar-refractivity contribution >= 4 is 17.8 Å². The Hall–Kier alpha value is -3.72. The maximum Gasteiger partial charge on any atom is 0.573 e. The first-order valence-electron chi connectivity index (χ1n) is 13.5. The van der Waals surface area contributed by atoms with E-state index in [4.69, 9.17) is 14.2 Å². The second-order valence-electron chi connectivity index (χ2n) is 10.9. The smallest absolute Gasteiger partial charge is 0.457 e. The van der Waals surface area contributed by atoms with E-state index in [9.17, 15) is 27.6 Å². The van der Waals surface area contributed by atoms with Crippen molar-refractivity contribution in [2.75, 3.05) is 52.5 Å². The molecule has 0 saturated carbocycles. The summed E-state index contributed by atoms with van der Waals surface area (Å²) in [6.45, 7) is 4.97. The maximum absolute atomic E-state index is 13.4. The normalized spacial score (nSPS) is 24.2. The molecule has 6 rings (SSSR count). The first kappa shape index (κ1) is 28.4. The molecule has 4 heterocycles. The van der Waals surface area contributed by atoms with Gasteiger partial charge in [-0.1, -0.05) is 12.1 Å². The molecule has 0 radical (unpaired) electrons. The molecule has 2 aromatic carbocycles. The summed E-state index contributed by atoms with van der Waals surface area (Å²) in [7, 11) is 0. The average Bonchev–Trinajstić information content (AvgIpc) is 3.42. The fraction of sp³-hybridized carbons (Fsp3) is 0.464. The van der Waals surface area contributed by atoms with E-state index >= 15 is 0 Å². The number of benzene rings is 2. The Balaban J connectivity index is 1.19. The van der Waals surface area contributed by atoms with Crippen LogP contribution in [0.5, 0.6) is 17.2 Å². The molecule has 2 aromatic rings. The Morgan fingerprint density at radius 3 is 2.10 bits per heavy atom. The van der Waals surface area contributed by atoms with Crippen molar-refractivity contribution < 1.29 is 46.5 Å². The Bertz CT molecular complexity index is 1320. The van der Waals surface area contributed by atoms with Crippen LogP contribution in [0.4, 0.5) is 18.0 Å². The summed E-state index contributed by atoms with van der Waals surface area (Å²) < 4.78 is 58.6. The molecule has 224 valence electrons. The lowest BCUT2D eigenvalue weighted by atomic mass is 9.78. The van der Waals surface area contributed by atoms with E-state index in [-0.39, 0.29) is 11.5 Å². The zero-order chi connectivity index (χ0) is 29.5. The third-order valence-corrected chi connectivity index (χ3v) is 7.98. The molecular weight excluding hydrogens is 561 g/mol. The molecule has 4 aliphatic rings. The number of carbonyl (C=O) groups excluding carboxylic acids is 3. The Kier molecular flexibility index (Phi) is 7.33. The van der Waals surface area contributed by atoms with Crippen LogP contribution in [0.25, 0.3) is 0 Å². The number of alkyl halides is 3. The van der Waals surface area contributed by atoms with Crippen molar-refractivity contribution in [3.05, 3.63) is 54.1 Å². The van der Waals surface area contributed by atoms with Crippen molar-refractivity contribution in [2.45, 2.75) is 23.9 Å². The number of likely N-dealkylation sites (tertiary alicyclic amines) is 1. The van der Waals surface area contributed by atoms with Crippen molar-refractivity contribution in [3.63, 3.8) is 0 Å². The van der Waals surface area contributed by atoms with E-state index in [1.807, 2.05) is 0 Å². The van der Waals surface area contributed by atoms with E-state index in [0.717, 1.165) is 44.9 Å². The van der Waals surface area contributed by atoms with Crippen LogP contribution in [-0.4, -0.2) is 92.2 Å². The predicted octanol–water partition coefficient (Wildman–Crippen LogP) is 2.36. The molecule has 0 aliphatic carbocycles. The van der Waals surface area contributed by atoms with Crippen LogP contribution < -0.4 is 20.1 Å². The number of hydrogen-bond donors (Lipinski definition) is 2. The molecule has 1 atom stereocenters. The van der Waals surface area contributed by atoms with Crippen LogP contribution in [0.3, 0.4) is 0 Å². The highest BCUT2D eigenvalue weighted by molar-refractivity contribution is 6.22. The number of carbonyl (C=O) groups is 3. The van der Waals surface area contributed by atoms with Crippen molar-refractivity contribution in [3.8, 4) is 17.2 Å². The fourth-order valence-electron chi connectivity index (χ4n) is 6.11. The first-order chi connectivity index (χ1) is 20.0. The number of barbiturate groups is 1. The number of halogens is 3. The summed E-state index contributed by atoms with van der Waals surface area (Å²) in [5.41, 5.74) is -2.06. The van der Waals surface area contributed by atoms with Crippen LogP contribution in [0.15, 0.2) is 48.5 Å². The number of urea groups is 1. The predicted molar refractivity (Wildman–Crippen MR) is 139 cm³/mol. The molecule has 2 N–H and O–H groups in total. The van der Waals surface area contributed by atoms with Crippen molar-refractivity contribution in [1.82, 2.24) is 20.4 Å². The van der Waals surface area contributed by atoms with E-state index in [1.54, 1.807) is 17.0 Å². The number of imide groups is 2. The van der Waals surface area contributed by atoms with Crippen LogP contribution in [0.2, 0.25) is 0 Å². The van der Waals surface area contributed by atoms with Gasteiger partial charge in [0.15, 0.2) is 0 Å². The lowest BCUT2D eigenvalue weighted by molar-refractivity contribution is -0.274. The molecule has 1 unspecified atom stereocenters. The van der Waals surface area contributed by atoms with Gasteiger partial charge in [0.1, 0.15) is 22.8 Å². The zero-order valence-electron chi connectivity index (χ0n) is 22.4. The minimum Gasteiger partial charge on any atom is -0.457 e. The molecule has 11 nitrogen and oxygen atoms in total. The van der Waals surface area contributed by atoms with Gasteiger partial charge in [-0.05, 0) is 54.3 Å². The Morgan fingerprint density at radius 1 is 0.881 bits per heavy atom. The second kappa shape index (κ2) is 10.8. The topological polar surface area (TPSA) is 119 Å². The number of nitrogens with zero attached hydrogens (tertiary/aromatic N) is 2.